The molecule has 1 saturated heterocycles. The van der Waals surface area contributed by atoms with Gasteiger partial charge in [-0.25, -0.2) is 14.6 Å². The van der Waals surface area contributed by atoms with E-state index in [9.17, 15) is 4.79 Å². The summed E-state index contributed by atoms with van der Waals surface area (Å²) in [7, 11) is 0. The average Bonchev–Trinajstić information content (AvgIpc) is 3.33. The van der Waals surface area contributed by atoms with E-state index >= 15 is 0 Å². The first-order valence-corrected chi connectivity index (χ1v) is 9.93. The number of fused-ring (bicyclic) bond motifs is 1. The molecule has 146 valence electrons. The van der Waals surface area contributed by atoms with Gasteiger partial charge in [0.15, 0.2) is 5.65 Å². The zero-order valence-corrected chi connectivity index (χ0v) is 16.3. The summed E-state index contributed by atoms with van der Waals surface area (Å²) in [5.41, 5.74) is 9.31. The first-order valence-electron chi connectivity index (χ1n) is 9.55. The second-order valence-electron chi connectivity index (χ2n) is 7.08. The van der Waals surface area contributed by atoms with Gasteiger partial charge in [-0.05, 0) is 30.5 Å². The monoisotopic (exact) mass is 398 g/mol. The Morgan fingerprint density at radius 2 is 2.00 bits per heavy atom. The van der Waals surface area contributed by atoms with Gasteiger partial charge in [-0.1, -0.05) is 23.7 Å². The van der Waals surface area contributed by atoms with Crippen molar-refractivity contribution in [3.63, 3.8) is 0 Å². The SMILES string of the molecule is NCCn1nc(C2CCN(C(=O)CCc3ccc(Cl)cc3)C2)c2nccnc21. The molecule has 0 aliphatic carbocycles. The maximum absolute atomic E-state index is 12.7. The molecule has 1 aliphatic heterocycles. The van der Waals surface area contributed by atoms with E-state index in [0.29, 0.717) is 31.1 Å². The van der Waals surface area contributed by atoms with Crippen LogP contribution in [0.2, 0.25) is 5.02 Å². The number of carbonyl (C=O) groups excluding carboxylic acids is 1. The van der Waals surface area contributed by atoms with E-state index in [-0.39, 0.29) is 11.8 Å². The maximum Gasteiger partial charge on any atom is 0.222 e. The molecule has 1 unspecified atom stereocenters. The zero-order chi connectivity index (χ0) is 19.5. The smallest absolute Gasteiger partial charge is 0.222 e. The molecule has 4 rings (SSSR count). The van der Waals surface area contributed by atoms with Crippen molar-refractivity contribution < 1.29 is 4.79 Å². The lowest BCUT2D eigenvalue weighted by Gasteiger charge is -2.16. The summed E-state index contributed by atoms with van der Waals surface area (Å²) in [5.74, 6) is 0.354. The molecule has 1 aliphatic rings. The molecule has 0 bridgehead atoms. The lowest BCUT2D eigenvalue weighted by atomic mass is 10.0. The highest BCUT2D eigenvalue weighted by atomic mass is 35.5. The number of halogens is 1. The third-order valence-electron chi connectivity index (χ3n) is 5.20. The van der Waals surface area contributed by atoms with Gasteiger partial charge in [-0.3, -0.25) is 4.79 Å². The predicted octanol–water partition coefficient (Wildman–Crippen LogP) is 2.39. The summed E-state index contributed by atoms with van der Waals surface area (Å²) in [5, 5.41) is 5.43. The number of amides is 1. The molecule has 8 heteroatoms. The topological polar surface area (TPSA) is 89.9 Å². The molecule has 2 aromatic heterocycles. The summed E-state index contributed by atoms with van der Waals surface area (Å²) in [4.78, 5) is 23.5. The van der Waals surface area contributed by atoms with Gasteiger partial charge in [-0.2, -0.15) is 5.10 Å². The minimum Gasteiger partial charge on any atom is -0.342 e. The van der Waals surface area contributed by atoms with Crippen molar-refractivity contribution in [3.8, 4) is 0 Å². The number of aromatic nitrogens is 4. The predicted molar refractivity (Wildman–Crippen MR) is 108 cm³/mol. The molecule has 0 saturated carbocycles. The van der Waals surface area contributed by atoms with Crippen LogP contribution in [0.4, 0.5) is 0 Å². The van der Waals surface area contributed by atoms with Gasteiger partial charge in [0.25, 0.3) is 0 Å². The fourth-order valence-corrected chi connectivity index (χ4v) is 3.87. The number of hydrogen-bond donors (Lipinski definition) is 1. The van der Waals surface area contributed by atoms with Crippen LogP contribution in [-0.4, -0.2) is 50.2 Å². The molecule has 0 radical (unpaired) electrons. The summed E-state index contributed by atoms with van der Waals surface area (Å²) in [6.07, 6.45) is 5.46. The molecule has 3 aromatic rings. The number of rotatable bonds is 6. The van der Waals surface area contributed by atoms with Crippen molar-refractivity contribution in [2.75, 3.05) is 19.6 Å². The molecule has 2 N–H and O–H groups in total. The Labute approximate surface area is 168 Å². The van der Waals surface area contributed by atoms with Crippen LogP contribution in [0.25, 0.3) is 11.2 Å². The van der Waals surface area contributed by atoms with Crippen molar-refractivity contribution in [2.24, 2.45) is 5.73 Å². The van der Waals surface area contributed by atoms with Crippen LogP contribution < -0.4 is 5.73 Å². The number of nitrogens with two attached hydrogens (primary N) is 1. The van der Waals surface area contributed by atoms with Gasteiger partial charge in [0.2, 0.25) is 5.91 Å². The van der Waals surface area contributed by atoms with E-state index in [1.54, 1.807) is 12.4 Å². The fourth-order valence-electron chi connectivity index (χ4n) is 3.75. The summed E-state index contributed by atoms with van der Waals surface area (Å²) in [6, 6.07) is 7.66. The van der Waals surface area contributed by atoms with E-state index in [4.69, 9.17) is 22.4 Å². The van der Waals surface area contributed by atoms with Gasteiger partial charge in [-0.15, -0.1) is 0 Å². The molecular formula is C20H23ClN6O. The third kappa shape index (κ3) is 3.86. The minimum absolute atomic E-state index is 0.175. The number of benzene rings is 1. The van der Waals surface area contributed by atoms with Crippen LogP contribution in [0.3, 0.4) is 0 Å². The normalized spacial score (nSPS) is 16.8. The number of carbonyl (C=O) groups is 1. The Hall–Kier alpha value is -2.51. The van der Waals surface area contributed by atoms with Crippen LogP contribution in [-0.2, 0) is 17.8 Å². The van der Waals surface area contributed by atoms with Gasteiger partial charge >= 0.3 is 0 Å². The lowest BCUT2D eigenvalue weighted by molar-refractivity contribution is -0.130. The van der Waals surface area contributed by atoms with Crippen LogP contribution >= 0.6 is 11.6 Å². The van der Waals surface area contributed by atoms with Crippen LogP contribution in [0.1, 0.15) is 30.0 Å². The second-order valence-corrected chi connectivity index (χ2v) is 7.51. The van der Waals surface area contributed by atoms with Crippen molar-refractivity contribution >= 4 is 28.7 Å². The van der Waals surface area contributed by atoms with Gasteiger partial charge in [0.1, 0.15) is 5.52 Å². The van der Waals surface area contributed by atoms with Crippen LogP contribution in [0.15, 0.2) is 36.7 Å². The number of likely N-dealkylation sites (tertiary alicyclic amines) is 1. The van der Waals surface area contributed by atoms with Crippen molar-refractivity contribution in [3.05, 3.63) is 52.9 Å². The van der Waals surface area contributed by atoms with E-state index in [0.717, 1.165) is 41.8 Å². The molecule has 7 nitrogen and oxygen atoms in total. The largest absolute Gasteiger partial charge is 0.342 e. The first kappa shape index (κ1) is 18.8. The number of aryl methyl sites for hydroxylation is 1. The highest BCUT2D eigenvalue weighted by molar-refractivity contribution is 6.30. The number of hydrogen-bond acceptors (Lipinski definition) is 5. The van der Waals surface area contributed by atoms with E-state index in [1.165, 1.54) is 0 Å². The minimum atomic E-state index is 0.175. The molecule has 3 heterocycles. The lowest BCUT2D eigenvalue weighted by Crippen LogP contribution is -2.28. The standard InChI is InChI=1S/C20H23ClN6O/c21-16-4-1-14(2-5-16)3-6-17(28)26-11-7-15(13-26)18-19-20(24-10-9-23-19)27(25-18)12-8-22/h1-2,4-5,9-10,15H,3,6-8,11-13,22H2. The molecule has 0 spiro atoms. The van der Waals surface area contributed by atoms with Crippen molar-refractivity contribution in [1.29, 1.82) is 0 Å². The molecule has 1 amide bonds. The van der Waals surface area contributed by atoms with E-state index in [1.807, 2.05) is 33.8 Å². The van der Waals surface area contributed by atoms with Gasteiger partial charge < -0.3 is 10.6 Å². The average molecular weight is 399 g/mol. The Bertz CT molecular complexity index is 970. The van der Waals surface area contributed by atoms with Crippen molar-refractivity contribution in [1.82, 2.24) is 24.6 Å². The van der Waals surface area contributed by atoms with Gasteiger partial charge in [0.05, 0.1) is 12.2 Å². The molecule has 1 aromatic carbocycles. The third-order valence-corrected chi connectivity index (χ3v) is 5.46. The highest BCUT2D eigenvalue weighted by Crippen LogP contribution is 2.30. The quantitative estimate of drug-likeness (QED) is 0.688. The number of nitrogens with zero attached hydrogens (tertiary/aromatic N) is 5. The molecular weight excluding hydrogens is 376 g/mol. The molecule has 1 fully saturated rings. The van der Waals surface area contributed by atoms with Crippen molar-refractivity contribution in [2.45, 2.75) is 31.7 Å². The fraction of sp³-hybridized carbons (Fsp3) is 0.400. The highest BCUT2D eigenvalue weighted by Gasteiger charge is 2.31. The Morgan fingerprint density at radius 3 is 2.79 bits per heavy atom. The van der Waals surface area contributed by atoms with E-state index in [2.05, 4.69) is 9.97 Å². The van der Waals surface area contributed by atoms with Crippen LogP contribution in [0, 0.1) is 0 Å². The Kier molecular flexibility index (Phi) is 5.54. The second kappa shape index (κ2) is 8.24. The maximum atomic E-state index is 12.7. The Morgan fingerprint density at radius 1 is 1.21 bits per heavy atom. The summed E-state index contributed by atoms with van der Waals surface area (Å²) >= 11 is 5.92. The Balaban J connectivity index is 1.43. The van der Waals surface area contributed by atoms with Gasteiger partial charge in [0, 0.05) is 49.4 Å². The van der Waals surface area contributed by atoms with E-state index < -0.39 is 0 Å². The first-order chi connectivity index (χ1) is 13.7. The summed E-state index contributed by atoms with van der Waals surface area (Å²) in [6.45, 7) is 2.51. The molecule has 1 atom stereocenters. The zero-order valence-electron chi connectivity index (χ0n) is 15.6. The summed E-state index contributed by atoms with van der Waals surface area (Å²) < 4.78 is 1.82. The molecule has 28 heavy (non-hydrogen) atoms. The van der Waals surface area contributed by atoms with Crippen LogP contribution in [0.5, 0.6) is 0 Å².